The van der Waals surface area contributed by atoms with Gasteiger partial charge in [-0.05, 0) is 0 Å². The fourth-order valence-corrected chi connectivity index (χ4v) is 0.0745. The van der Waals surface area contributed by atoms with Gasteiger partial charge in [0, 0.05) is 32.7 Å². The molecule has 0 spiro atoms. The molecule has 1 N–H and O–H groups in total. The summed E-state index contributed by atoms with van der Waals surface area (Å²) in [5.41, 5.74) is 6.33. The average Bonchev–Trinajstić information content (AvgIpc) is 1.41. The Labute approximate surface area is 63.1 Å². The smallest absolute Gasteiger partial charge is 0 e. The molecule has 0 atom stereocenters. The van der Waals surface area contributed by atoms with Crippen LogP contribution in [-0.2, 0) is 32.7 Å². The zero-order valence-electron chi connectivity index (χ0n) is 3.68. The van der Waals surface area contributed by atoms with Gasteiger partial charge in [-0.25, -0.2) is 12.4 Å². The second-order valence-corrected chi connectivity index (χ2v) is 0.574. The summed E-state index contributed by atoms with van der Waals surface area (Å²) in [4.78, 5) is 0. The van der Waals surface area contributed by atoms with Crippen LogP contribution in [0.1, 0.15) is 0 Å². The summed E-state index contributed by atoms with van der Waals surface area (Å²) in [6, 6.07) is 0. The van der Waals surface area contributed by atoms with E-state index in [0.29, 0.717) is 0 Å². The molecule has 0 aromatic rings. The van der Waals surface area contributed by atoms with Gasteiger partial charge in [0.2, 0.25) is 0 Å². The summed E-state index contributed by atoms with van der Waals surface area (Å²) in [5.74, 6) is 0. The quantitative estimate of drug-likeness (QED) is 0.556. The molecule has 0 amide bonds. The molecule has 3 heteroatoms. The SMILES string of the molecule is C[N-]/C=C\[NH-].[Y]. The second kappa shape index (κ2) is 9.06. The molecule has 0 rings (SSSR count). The van der Waals surface area contributed by atoms with E-state index in [1.54, 1.807) is 7.05 Å². The molecule has 0 fully saturated rings. The van der Waals surface area contributed by atoms with Gasteiger partial charge in [0.1, 0.15) is 0 Å². The fourth-order valence-electron chi connectivity index (χ4n) is 0.0745. The summed E-state index contributed by atoms with van der Waals surface area (Å²) >= 11 is 0. The first-order chi connectivity index (χ1) is 2.41. The van der Waals surface area contributed by atoms with Crippen LogP contribution in [0.3, 0.4) is 0 Å². The topological polar surface area (TPSA) is 37.9 Å². The van der Waals surface area contributed by atoms with Crippen LogP contribution in [0.4, 0.5) is 0 Å². The largest absolute Gasteiger partial charge is 0.706 e. The molecule has 0 saturated heterocycles. The summed E-state index contributed by atoms with van der Waals surface area (Å²) in [5, 5.41) is 3.49. The second-order valence-electron chi connectivity index (χ2n) is 0.574. The van der Waals surface area contributed by atoms with Crippen LogP contribution >= 0.6 is 0 Å². The number of nitrogens with zero attached hydrogens (tertiary/aromatic N) is 1. The minimum absolute atomic E-state index is 0. The van der Waals surface area contributed by atoms with Gasteiger partial charge in [-0.3, -0.25) is 0 Å². The van der Waals surface area contributed by atoms with E-state index in [-0.39, 0.29) is 32.7 Å². The molecule has 2 nitrogen and oxygen atoms in total. The van der Waals surface area contributed by atoms with E-state index in [2.05, 4.69) is 5.32 Å². The van der Waals surface area contributed by atoms with Gasteiger partial charge in [-0.2, -0.15) is 0 Å². The van der Waals surface area contributed by atoms with E-state index in [9.17, 15) is 0 Å². The maximum absolute atomic E-state index is 6.33. The molecule has 0 heterocycles. The molecule has 1 radical (unpaired) electrons. The minimum Gasteiger partial charge on any atom is -0.706 e. The molecule has 0 aliphatic carbocycles. The van der Waals surface area contributed by atoms with Crippen molar-refractivity contribution < 1.29 is 32.7 Å². The van der Waals surface area contributed by atoms with Crippen molar-refractivity contribution in [2.45, 2.75) is 0 Å². The fraction of sp³-hybridized carbons (Fsp3) is 0.333. The van der Waals surface area contributed by atoms with Gasteiger partial charge in [-0.1, -0.05) is 0 Å². The average molecular weight is 159 g/mol. The molecule has 33 valence electrons. The third kappa shape index (κ3) is 8.82. The third-order valence-corrected chi connectivity index (χ3v) is 0.224. The van der Waals surface area contributed by atoms with E-state index in [0.717, 1.165) is 6.20 Å². The number of nitrogens with one attached hydrogen (secondary N) is 1. The maximum atomic E-state index is 6.33. The van der Waals surface area contributed by atoms with Crippen LogP contribution in [0.25, 0.3) is 11.1 Å². The normalized spacial score (nSPS) is 7.50. The Kier molecular flexibility index (Phi) is 14.6. The molecular formula is C3H6N2Y-2. The first-order valence-corrected chi connectivity index (χ1v) is 1.33. The standard InChI is InChI=1S/C3H6N2.Y/c1-5-3-2-4;/h2-4H,1H3;/q-2;/b3-2-;. The summed E-state index contributed by atoms with van der Waals surface area (Å²) < 4.78 is 0. The Hall–Kier alpha value is 0.444. The first kappa shape index (κ1) is 9.67. The maximum Gasteiger partial charge on any atom is 0 e. The van der Waals surface area contributed by atoms with Crippen molar-refractivity contribution in [2.75, 3.05) is 7.05 Å². The van der Waals surface area contributed by atoms with Crippen LogP contribution in [-0.4, -0.2) is 7.05 Å². The molecular weight excluding hydrogens is 153 g/mol. The van der Waals surface area contributed by atoms with E-state index in [4.69, 9.17) is 5.73 Å². The van der Waals surface area contributed by atoms with Gasteiger partial charge in [0.15, 0.2) is 0 Å². The van der Waals surface area contributed by atoms with Crippen molar-refractivity contribution in [1.82, 2.24) is 0 Å². The van der Waals surface area contributed by atoms with Crippen LogP contribution in [0.2, 0.25) is 0 Å². The molecule has 0 saturated carbocycles. The zero-order valence-corrected chi connectivity index (χ0v) is 6.52. The van der Waals surface area contributed by atoms with Crippen molar-refractivity contribution >= 4 is 0 Å². The molecule has 0 aliphatic rings. The molecule has 0 bridgehead atoms. The zero-order chi connectivity index (χ0) is 4.12. The van der Waals surface area contributed by atoms with Gasteiger partial charge in [0.05, 0.1) is 0 Å². The minimum atomic E-state index is 0. The Morgan fingerprint density at radius 1 is 1.67 bits per heavy atom. The molecule has 0 aromatic carbocycles. The third-order valence-electron chi connectivity index (χ3n) is 0.224. The van der Waals surface area contributed by atoms with E-state index < -0.39 is 0 Å². The van der Waals surface area contributed by atoms with Crippen molar-refractivity contribution in [3.05, 3.63) is 23.5 Å². The summed E-state index contributed by atoms with van der Waals surface area (Å²) in [6.45, 7) is 0. The van der Waals surface area contributed by atoms with Crippen LogP contribution in [0, 0.1) is 0 Å². The Balaban J connectivity index is 0. The van der Waals surface area contributed by atoms with Crippen LogP contribution in [0.15, 0.2) is 12.4 Å². The molecule has 0 aliphatic heterocycles. The summed E-state index contributed by atoms with van der Waals surface area (Å²) in [6.07, 6.45) is 2.56. The van der Waals surface area contributed by atoms with Crippen molar-refractivity contribution in [3.63, 3.8) is 0 Å². The predicted octanol–water partition coefficient (Wildman–Crippen LogP) is 1.51. The number of hydrogen-bond acceptors (Lipinski definition) is 0. The van der Waals surface area contributed by atoms with Crippen molar-refractivity contribution in [1.29, 1.82) is 0 Å². The van der Waals surface area contributed by atoms with Gasteiger partial charge >= 0.3 is 0 Å². The Bertz CT molecular complexity index is 35.8. The molecule has 6 heavy (non-hydrogen) atoms. The van der Waals surface area contributed by atoms with Crippen LogP contribution < -0.4 is 0 Å². The van der Waals surface area contributed by atoms with Crippen molar-refractivity contribution in [3.8, 4) is 0 Å². The van der Waals surface area contributed by atoms with Crippen molar-refractivity contribution in [2.24, 2.45) is 0 Å². The van der Waals surface area contributed by atoms with E-state index in [1.165, 1.54) is 6.20 Å². The van der Waals surface area contributed by atoms with E-state index >= 15 is 0 Å². The summed E-state index contributed by atoms with van der Waals surface area (Å²) in [7, 11) is 1.63. The van der Waals surface area contributed by atoms with Gasteiger partial charge < -0.3 is 11.1 Å². The van der Waals surface area contributed by atoms with Gasteiger partial charge in [0.25, 0.3) is 0 Å². The number of hydrogen-bond donors (Lipinski definition) is 0. The monoisotopic (exact) mass is 159 g/mol. The molecule has 0 unspecified atom stereocenters. The van der Waals surface area contributed by atoms with Gasteiger partial charge in [-0.15, -0.1) is 7.05 Å². The Morgan fingerprint density at radius 2 is 2.17 bits per heavy atom. The number of rotatable bonds is 1. The predicted molar refractivity (Wildman–Crippen MR) is 22.7 cm³/mol. The van der Waals surface area contributed by atoms with E-state index in [1.807, 2.05) is 0 Å². The van der Waals surface area contributed by atoms with Crippen LogP contribution in [0.5, 0.6) is 0 Å². The first-order valence-electron chi connectivity index (χ1n) is 1.33. The molecule has 0 aromatic heterocycles. The Morgan fingerprint density at radius 3 is 2.17 bits per heavy atom.